The lowest BCUT2D eigenvalue weighted by Gasteiger charge is -2.32. The summed E-state index contributed by atoms with van der Waals surface area (Å²) in [6.45, 7) is 6.71. The molecule has 0 saturated heterocycles. The second-order valence-electron chi connectivity index (χ2n) is 8.31. The summed E-state index contributed by atoms with van der Waals surface area (Å²) in [5.74, 6) is -0.879. The smallest absolute Gasteiger partial charge is 0.244 e. The quantitative estimate of drug-likeness (QED) is 0.495. The van der Waals surface area contributed by atoms with Crippen molar-refractivity contribution in [1.82, 2.24) is 10.2 Å². The van der Waals surface area contributed by atoms with Crippen LogP contribution in [0.15, 0.2) is 42.5 Å². The number of anilines is 1. The molecule has 0 aromatic heterocycles. The molecule has 2 aromatic rings. The van der Waals surface area contributed by atoms with E-state index in [-0.39, 0.29) is 18.5 Å². The Bertz CT molecular complexity index is 1140. The number of halogens is 2. The van der Waals surface area contributed by atoms with Gasteiger partial charge in [-0.2, -0.15) is 0 Å². The third-order valence-corrected chi connectivity index (χ3v) is 7.32. The Balaban J connectivity index is 2.45. The fraction of sp³-hybridized carbons (Fsp3) is 0.417. The normalized spacial score (nSPS) is 13.1. The number of carbonyl (C=O) groups excluding carboxylic acids is 2. The van der Waals surface area contributed by atoms with Gasteiger partial charge in [-0.1, -0.05) is 54.4 Å². The van der Waals surface area contributed by atoms with Gasteiger partial charge in [0.05, 0.1) is 11.9 Å². The highest BCUT2D eigenvalue weighted by Gasteiger charge is 2.31. The molecule has 1 N–H and O–H groups in total. The van der Waals surface area contributed by atoms with Crippen molar-refractivity contribution in [1.29, 1.82) is 0 Å². The molecule has 0 aliphatic rings. The molecule has 0 aliphatic heterocycles. The zero-order valence-electron chi connectivity index (χ0n) is 20.0. The average Bonchev–Trinajstić information content (AvgIpc) is 2.77. The van der Waals surface area contributed by atoms with Gasteiger partial charge in [-0.15, -0.1) is 0 Å². The van der Waals surface area contributed by atoms with E-state index in [1.807, 2.05) is 13.8 Å². The van der Waals surface area contributed by atoms with Gasteiger partial charge in [0.25, 0.3) is 0 Å². The number of amides is 2. The fourth-order valence-corrected chi connectivity index (χ4v) is 4.57. The molecule has 0 spiro atoms. The van der Waals surface area contributed by atoms with Crippen LogP contribution in [0.5, 0.6) is 0 Å². The van der Waals surface area contributed by atoms with Crippen molar-refractivity contribution < 1.29 is 18.0 Å². The Kier molecular flexibility index (Phi) is 9.79. The standard InChI is InChI=1S/C24H31Cl2N3O4S/c1-6-17(3)27-24(31)18(4)28(14-19-9-7-8-10-21(19)26)23(30)15-29(34(5,32)33)22-13-20(25)12-11-16(22)2/h7-13,17-18H,6,14-15H2,1-5H3,(H,27,31)/t17-,18-/m0/s1. The summed E-state index contributed by atoms with van der Waals surface area (Å²) in [5, 5.41) is 3.67. The Morgan fingerprint density at radius 2 is 1.74 bits per heavy atom. The minimum atomic E-state index is -3.84. The lowest BCUT2D eigenvalue weighted by Crippen LogP contribution is -2.52. The molecule has 2 rings (SSSR count). The summed E-state index contributed by atoms with van der Waals surface area (Å²) < 4.78 is 26.3. The third kappa shape index (κ3) is 7.35. The Morgan fingerprint density at radius 3 is 2.32 bits per heavy atom. The molecule has 0 unspecified atom stereocenters. The molecule has 2 aromatic carbocycles. The maximum Gasteiger partial charge on any atom is 0.244 e. The first-order valence-corrected chi connectivity index (χ1v) is 13.5. The molecule has 10 heteroatoms. The van der Waals surface area contributed by atoms with Crippen molar-refractivity contribution in [2.75, 3.05) is 17.1 Å². The molecule has 0 saturated carbocycles. The molecule has 0 aliphatic carbocycles. The minimum Gasteiger partial charge on any atom is -0.352 e. The molecule has 186 valence electrons. The average molecular weight is 529 g/mol. The summed E-state index contributed by atoms with van der Waals surface area (Å²) in [6, 6.07) is 10.9. The highest BCUT2D eigenvalue weighted by molar-refractivity contribution is 7.92. The SMILES string of the molecule is CC[C@H](C)NC(=O)[C@H](C)N(Cc1ccccc1Cl)C(=O)CN(c1cc(Cl)ccc1C)S(C)(=O)=O. The third-order valence-electron chi connectivity index (χ3n) is 5.59. The van der Waals surface area contributed by atoms with E-state index in [0.717, 1.165) is 17.0 Å². The number of nitrogens with zero attached hydrogens (tertiary/aromatic N) is 2. The Labute approximate surface area is 212 Å². The van der Waals surface area contributed by atoms with E-state index in [0.29, 0.717) is 26.9 Å². The molecular weight excluding hydrogens is 497 g/mol. The van der Waals surface area contributed by atoms with Crippen LogP contribution in [-0.4, -0.2) is 50.0 Å². The topological polar surface area (TPSA) is 86.8 Å². The van der Waals surface area contributed by atoms with Gasteiger partial charge in [-0.05, 0) is 56.5 Å². The van der Waals surface area contributed by atoms with Gasteiger partial charge < -0.3 is 10.2 Å². The molecule has 0 fully saturated rings. The molecule has 0 heterocycles. The summed E-state index contributed by atoms with van der Waals surface area (Å²) in [7, 11) is -3.84. The van der Waals surface area contributed by atoms with Crippen LogP contribution in [0.25, 0.3) is 0 Å². The monoisotopic (exact) mass is 527 g/mol. The number of nitrogens with one attached hydrogen (secondary N) is 1. The lowest BCUT2D eigenvalue weighted by atomic mass is 10.1. The van der Waals surface area contributed by atoms with Crippen molar-refractivity contribution in [3.63, 3.8) is 0 Å². The van der Waals surface area contributed by atoms with Crippen molar-refractivity contribution in [2.45, 2.75) is 52.7 Å². The summed E-state index contributed by atoms with van der Waals surface area (Å²) in [4.78, 5) is 27.8. The van der Waals surface area contributed by atoms with Gasteiger partial charge in [0.15, 0.2) is 0 Å². The van der Waals surface area contributed by atoms with E-state index in [9.17, 15) is 18.0 Å². The van der Waals surface area contributed by atoms with E-state index in [4.69, 9.17) is 23.2 Å². The number of hydrogen-bond donors (Lipinski definition) is 1. The van der Waals surface area contributed by atoms with Crippen molar-refractivity contribution >= 4 is 50.7 Å². The molecule has 0 bridgehead atoms. The van der Waals surface area contributed by atoms with Gasteiger partial charge in [0.2, 0.25) is 21.8 Å². The van der Waals surface area contributed by atoms with Gasteiger partial charge >= 0.3 is 0 Å². The zero-order valence-corrected chi connectivity index (χ0v) is 22.3. The number of sulfonamides is 1. The number of aryl methyl sites for hydroxylation is 1. The molecule has 0 radical (unpaired) electrons. The van der Waals surface area contributed by atoms with Crippen molar-refractivity contribution in [3.05, 3.63) is 63.6 Å². The summed E-state index contributed by atoms with van der Waals surface area (Å²) in [5.41, 5.74) is 1.59. The molecular formula is C24H31Cl2N3O4S. The van der Waals surface area contributed by atoms with Crippen LogP contribution < -0.4 is 9.62 Å². The highest BCUT2D eigenvalue weighted by atomic mass is 35.5. The van der Waals surface area contributed by atoms with Crippen molar-refractivity contribution in [3.8, 4) is 0 Å². The first-order chi connectivity index (χ1) is 15.8. The lowest BCUT2D eigenvalue weighted by molar-refractivity contribution is -0.139. The predicted molar refractivity (Wildman–Crippen MR) is 138 cm³/mol. The largest absolute Gasteiger partial charge is 0.352 e. The van der Waals surface area contributed by atoms with E-state index in [1.54, 1.807) is 50.2 Å². The maximum atomic E-state index is 13.6. The van der Waals surface area contributed by atoms with E-state index < -0.39 is 28.5 Å². The number of rotatable bonds is 10. The van der Waals surface area contributed by atoms with Gasteiger partial charge in [0, 0.05) is 22.6 Å². The summed E-state index contributed by atoms with van der Waals surface area (Å²) in [6.07, 6.45) is 1.75. The van der Waals surface area contributed by atoms with Gasteiger partial charge in [-0.25, -0.2) is 8.42 Å². The minimum absolute atomic E-state index is 0.0414. The maximum absolute atomic E-state index is 13.6. The number of hydrogen-bond acceptors (Lipinski definition) is 4. The van der Waals surface area contributed by atoms with Crippen LogP contribution in [0.1, 0.15) is 38.3 Å². The van der Waals surface area contributed by atoms with Crippen LogP contribution in [0.3, 0.4) is 0 Å². The zero-order chi connectivity index (χ0) is 25.6. The second-order valence-corrected chi connectivity index (χ2v) is 11.1. The number of benzene rings is 2. The fourth-order valence-electron chi connectivity index (χ4n) is 3.30. The van der Waals surface area contributed by atoms with Gasteiger partial charge in [0.1, 0.15) is 12.6 Å². The van der Waals surface area contributed by atoms with Crippen LogP contribution in [0.2, 0.25) is 10.0 Å². The van der Waals surface area contributed by atoms with E-state index in [1.165, 1.54) is 11.0 Å². The molecule has 7 nitrogen and oxygen atoms in total. The first-order valence-electron chi connectivity index (χ1n) is 10.9. The van der Waals surface area contributed by atoms with Crippen LogP contribution in [0.4, 0.5) is 5.69 Å². The van der Waals surface area contributed by atoms with Crippen LogP contribution >= 0.6 is 23.2 Å². The Hall–Kier alpha value is -2.29. The predicted octanol–water partition coefficient (Wildman–Crippen LogP) is 4.40. The van der Waals surface area contributed by atoms with E-state index in [2.05, 4.69) is 5.32 Å². The second kappa shape index (κ2) is 11.9. The van der Waals surface area contributed by atoms with Gasteiger partial charge in [-0.3, -0.25) is 13.9 Å². The molecule has 2 amide bonds. The molecule has 2 atom stereocenters. The molecule has 34 heavy (non-hydrogen) atoms. The van der Waals surface area contributed by atoms with E-state index >= 15 is 0 Å². The highest BCUT2D eigenvalue weighted by Crippen LogP contribution is 2.27. The van der Waals surface area contributed by atoms with Crippen molar-refractivity contribution in [2.24, 2.45) is 0 Å². The number of carbonyl (C=O) groups is 2. The van der Waals surface area contributed by atoms with Crippen LogP contribution in [0, 0.1) is 6.92 Å². The first kappa shape index (κ1) is 28.0. The van der Waals surface area contributed by atoms with Crippen LogP contribution in [-0.2, 0) is 26.2 Å². The summed E-state index contributed by atoms with van der Waals surface area (Å²) >= 11 is 12.4. The Morgan fingerprint density at radius 1 is 1.09 bits per heavy atom.